The quantitative estimate of drug-likeness (QED) is 0.896. The van der Waals surface area contributed by atoms with E-state index in [1.54, 1.807) is 0 Å². The number of halogens is 1. The number of aromatic hydroxyl groups is 1. The van der Waals surface area contributed by atoms with E-state index < -0.39 is 0 Å². The Balaban J connectivity index is 2.03. The van der Waals surface area contributed by atoms with Crippen LogP contribution in [0.15, 0.2) is 18.2 Å². The summed E-state index contributed by atoms with van der Waals surface area (Å²) in [4.78, 5) is 12.3. The smallest absolute Gasteiger partial charge is 0.253 e. The van der Waals surface area contributed by atoms with Crippen LogP contribution in [0.1, 0.15) is 44.5 Å². The maximum absolute atomic E-state index is 12.3. The Labute approximate surface area is 130 Å². The van der Waals surface area contributed by atoms with Crippen molar-refractivity contribution in [2.75, 3.05) is 0 Å². The molecule has 0 radical (unpaired) electrons. The molecule has 5 heteroatoms. The number of ether oxygens (including phenoxy) is 1. The standard InChI is InChI=1S/C16H22ClNO3/c1-9(2)21-14-8-13(16(14,3)4)18-15(20)11-7-10(19)5-6-12(11)17/h5-7,9,13-14,19H,8H2,1-4H3,(H,18,20). The van der Waals surface area contributed by atoms with Crippen molar-refractivity contribution in [3.63, 3.8) is 0 Å². The summed E-state index contributed by atoms with van der Waals surface area (Å²) in [5.74, 6) is -0.240. The van der Waals surface area contributed by atoms with E-state index in [1.165, 1.54) is 18.2 Å². The minimum Gasteiger partial charge on any atom is -0.508 e. The number of nitrogens with one attached hydrogen (secondary N) is 1. The second-order valence-electron chi connectivity index (χ2n) is 6.42. The van der Waals surface area contributed by atoms with Crippen molar-refractivity contribution in [1.29, 1.82) is 0 Å². The number of rotatable bonds is 4. The molecule has 116 valence electrons. The molecular weight excluding hydrogens is 290 g/mol. The summed E-state index contributed by atoms with van der Waals surface area (Å²) in [6, 6.07) is 4.39. The monoisotopic (exact) mass is 311 g/mol. The van der Waals surface area contributed by atoms with Gasteiger partial charge in [-0.3, -0.25) is 4.79 Å². The molecule has 2 unspecified atom stereocenters. The Bertz CT molecular complexity index is 542. The van der Waals surface area contributed by atoms with E-state index in [-0.39, 0.29) is 35.3 Å². The van der Waals surface area contributed by atoms with Crippen LogP contribution < -0.4 is 5.32 Å². The SMILES string of the molecule is CC(C)OC1CC(NC(=O)c2cc(O)ccc2Cl)C1(C)C. The second-order valence-corrected chi connectivity index (χ2v) is 6.83. The van der Waals surface area contributed by atoms with Crippen LogP contribution in [0.2, 0.25) is 5.02 Å². The topological polar surface area (TPSA) is 58.6 Å². The van der Waals surface area contributed by atoms with Gasteiger partial charge >= 0.3 is 0 Å². The molecule has 1 amide bonds. The lowest BCUT2D eigenvalue weighted by Gasteiger charge is -2.52. The highest BCUT2D eigenvalue weighted by molar-refractivity contribution is 6.33. The van der Waals surface area contributed by atoms with E-state index in [0.717, 1.165) is 6.42 Å². The minimum absolute atomic E-state index is 0.0263. The number of amides is 1. The van der Waals surface area contributed by atoms with Crippen LogP contribution >= 0.6 is 11.6 Å². The van der Waals surface area contributed by atoms with Gasteiger partial charge in [0.1, 0.15) is 5.75 Å². The van der Waals surface area contributed by atoms with Crippen molar-refractivity contribution < 1.29 is 14.6 Å². The second kappa shape index (κ2) is 5.85. The molecule has 0 aliphatic heterocycles. The third kappa shape index (κ3) is 3.33. The molecule has 1 aromatic rings. The molecule has 1 aromatic carbocycles. The molecule has 0 heterocycles. The van der Waals surface area contributed by atoms with Crippen LogP contribution in [0.4, 0.5) is 0 Å². The third-order valence-electron chi connectivity index (χ3n) is 4.11. The summed E-state index contributed by atoms with van der Waals surface area (Å²) in [6.07, 6.45) is 1.10. The molecule has 1 aliphatic rings. The zero-order chi connectivity index (χ0) is 15.8. The number of hydrogen-bond donors (Lipinski definition) is 2. The van der Waals surface area contributed by atoms with Gasteiger partial charge in [0.2, 0.25) is 0 Å². The zero-order valence-electron chi connectivity index (χ0n) is 12.8. The van der Waals surface area contributed by atoms with Gasteiger partial charge in [-0.25, -0.2) is 0 Å². The number of phenols is 1. The summed E-state index contributed by atoms with van der Waals surface area (Å²) >= 11 is 6.01. The molecule has 2 N–H and O–H groups in total. The lowest BCUT2D eigenvalue weighted by molar-refractivity contribution is -0.136. The molecule has 1 aliphatic carbocycles. The van der Waals surface area contributed by atoms with Crippen molar-refractivity contribution in [2.45, 2.75) is 52.4 Å². The first-order chi connectivity index (χ1) is 9.71. The molecule has 2 atom stereocenters. The van der Waals surface area contributed by atoms with Crippen molar-refractivity contribution in [3.8, 4) is 5.75 Å². The first-order valence-electron chi connectivity index (χ1n) is 7.16. The van der Waals surface area contributed by atoms with E-state index in [4.69, 9.17) is 16.3 Å². The van der Waals surface area contributed by atoms with Crippen LogP contribution in [0.3, 0.4) is 0 Å². The summed E-state index contributed by atoms with van der Waals surface area (Å²) < 4.78 is 5.84. The lowest BCUT2D eigenvalue weighted by Crippen LogP contribution is -2.62. The van der Waals surface area contributed by atoms with Crippen LogP contribution in [0.5, 0.6) is 5.75 Å². The van der Waals surface area contributed by atoms with Crippen LogP contribution in [0.25, 0.3) is 0 Å². The number of phenolic OH excluding ortho intramolecular Hbond substituents is 1. The van der Waals surface area contributed by atoms with Gasteiger partial charge in [0.25, 0.3) is 5.91 Å². The fourth-order valence-corrected chi connectivity index (χ4v) is 2.82. The predicted molar refractivity (Wildman–Crippen MR) is 82.8 cm³/mol. The van der Waals surface area contributed by atoms with Gasteiger partial charge in [0.15, 0.2) is 0 Å². The van der Waals surface area contributed by atoms with E-state index in [2.05, 4.69) is 19.2 Å². The first kappa shape index (κ1) is 16.1. The van der Waals surface area contributed by atoms with Crippen molar-refractivity contribution in [3.05, 3.63) is 28.8 Å². The highest BCUT2D eigenvalue weighted by Crippen LogP contribution is 2.43. The molecule has 0 spiro atoms. The predicted octanol–water partition coefficient (Wildman–Crippen LogP) is 3.37. The number of carbonyl (C=O) groups excluding carboxylic acids is 1. The first-order valence-corrected chi connectivity index (χ1v) is 7.54. The minimum atomic E-state index is -0.267. The maximum atomic E-state index is 12.3. The highest BCUT2D eigenvalue weighted by atomic mass is 35.5. The summed E-state index contributed by atoms with van der Waals surface area (Å²) in [6.45, 7) is 8.18. The van der Waals surface area contributed by atoms with Crippen molar-refractivity contribution in [2.24, 2.45) is 5.41 Å². The van der Waals surface area contributed by atoms with E-state index in [9.17, 15) is 9.90 Å². The van der Waals surface area contributed by atoms with Crippen LogP contribution in [-0.4, -0.2) is 29.3 Å². The zero-order valence-corrected chi connectivity index (χ0v) is 13.6. The molecule has 21 heavy (non-hydrogen) atoms. The molecule has 0 bridgehead atoms. The normalized spacial score (nSPS) is 23.7. The fourth-order valence-electron chi connectivity index (χ4n) is 2.61. The molecule has 2 rings (SSSR count). The lowest BCUT2D eigenvalue weighted by atomic mass is 9.64. The van der Waals surface area contributed by atoms with Gasteiger partial charge in [-0.1, -0.05) is 25.4 Å². The average Bonchev–Trinajstić information content (AvgIpc) is 2.39. The Kier molecular flexibility index (Phi) is 4.49. The van der Waals surface area contributed by atoms with E-state index in [1.807, 2.05) is 13.8 Å². The maximum Gasteiger partial charge on any atom is 0.253 e. The molecule has 1 fully saturated rings. The Hall–Kier alpha value is -1.26. The largest absolute Gasteiger partial charge is 0.508 e. The average molecular weight is 312 g/mol. The number of hydrogen-bond acceptors (Lipinski definition) is 3. The fraction of sp³-hybridized carbons (Fsp3) is 0.562. The van der Waals surface area contributed by atoms with Gasteiger partial charge in [-0.2, -0.15) is 0 Å². The Morgan fingerprint density at radius 1 is 1.48 bits per heavy atom. The number of benzene rings is 1. The van der Waals surface area contributed by atoms with Crippen molar-refractivity contribution >= 4 is 17.5 Å². The summed E-state index contributed by atoms with van der Waals surface area (Å²) in [7, 11) is 0. The summed E-state index contributed by atoms with van der Waals surface area (Å²) in [5, 5.41) is 12.8. The summed E-state index contributed by atoms with van der Waals surface area (Å²) in [5.41, 5.74) is 0.171. The van der Waals surface area contributed by atoms with Gasteiger partial charge in [-0.05, 0) is 38.5 Å². The molecule has 1 saturated carbocycles. The molecule has 4 nitrogen and oxygen atoms in total. The third-order valence-corrected chi connectivity index (χ3v) is 4.44. The Morgan fingerprint density at radius 3 is 2.71 bits per heavy atom. The highest BCUT2D eigenvalue weighted by Gasteiger charge is 2.50. The van der Waals surface area contributed by atoms with Crippen LogP contribution in [-0.2, 0) is 4.74 Å². The van der Waals surface area contributed by atoms with Crippen molar-refractivity contribution in [1.82, 2.24) is 5.32 Å². The number of carbonyl (C=O) groups is 1. The van der Waals surface area contributed by atoms with Gasteiger partial charge < -0.3 is 15.2 Å². The Morgan fingerprint density at radius 2 is 2.14 bits per heavy atom. The van der Waals surface area contributed by atoms with Gasteiger partial charge in [0.05, 0.1) is 22.8 Å². The van der Waals surface area contributed by atoms with Gasteiger partial charge in [0, 0.05) is 11.5 Å². The van der Waals surface area contributed by atoms with Crippen LogP contribution in [0, 0.1) is 5.41 Å². The van der Waals surface area contributed by atoms with E-state index >= 15 is 0 Å². The van der Waals surface area contributed by atoms with E-state index in [0.29, 0.717) is 10.6 Å². The molecule has 0 aromatic heterocycles. The molecule has 0 saturated heterocycles. The van der Waals surface area contributed by atoms with Gasteiger partial charge in [-0.15, -0.1) is 0 Å². The molecular formula is C16H22ClNO3.